The van der Waals surface area contributed by atoms with Gasteiger partial charge in [0.05, 0.1) is 0 Å². The van der Waals surface area contributed by atoms with E-state index >= 15 is 0 Å². The minimum absolute atomic E-state index is 0.0187. The summed E-state index contributed by atoms with van der Waals surface area (Å²) < 4.78 is 14.1. The minimum atomic E-state index is -0.314. The topological polar surface area (TPSA) is 32.9 Å². The molecule has 0 aliphatic heterocycles. The van der Waals surface area contributed by atoms with Gasteiger partial charge in [-0.3, -0.25) is 4.79 Å². The normalized spacial score (nSPS) is 10.9. The van der Waals surface area contributed by atoms with Crippen LogP contribution in [0.1, 0.15) is 15.9 Å². The fourth-order valence-corrected chi connectivity index (χ4v) is 2.48. The molecule has 0 bridgehead atoms. The third kappa shape index (κ3) is 2.51. The van der Waals surface area contributed by atoms with E-state index < -0.39 is 0 Å². The maximum atomic E-state index is 13.1. The second-order valence-corrected chi connectivity index (χ2v) is 5.53. The zero-order valence-corrected chi connectivity index (χ0v) is 12.1. The van der Waals surface area contributed by atoms with Gasteiger partial charge in [-0.2, -0.15) is 0 Å². The van der Waals surface area contributed by atoms with Crippen LogP contribution in [0, 0.1) is 5.82 Å². The molecule has 1 N–H and O–H groups in total. The van der Waals surface area contributed by atoms with Crippen LogP contribution in [0.25, 0.3) is 10.9 Å². The number of aromatic nitrogens is 1. The van der Waals surface area contributed by atoms with E-state index in [1.54, 1.807) is 12.3 Å². The fraction of sp³-hybridized carbons (Fsp3) is 0.0625. The van der Waals surface area contributed by atoms with E-state index in [-0.39, 0.29) is 11.6 Å². The molecule has 0 aliphatic rings. The lowest BCUT2D eigenvalue weighted by molar-refractivity contribution is 0.0994. The Morgan fingerprint density at radius 2 is 1.90 bits per heavy atom. The highest BCUT2D eigenvalue weighted by Gasteiger charge is 2.13. The number of carbonyl (C=O) groups is 1. The number of H-pyrrole nitrogens is 1. The molecule has 0 fully saturated rings. The number of carbonyl (C=O) groups excluding carboxylic acids is 1. The summed E-state index contributed by atoms with van der Waals surface area (Å²) in [5.74, 6) is -0.295. The number of fused-ring (bicyclic) bond motifs is 1. The predicted molar refractivity (Wildman–Crippen MR) is 80.4 cm³/mol. The number of Topliss-reactive ketones (excluding diaryl/α,β-unsaturated/α-hetero) is 1. The van der Waals surface area contributed by atoms with Gasteiger partial charge in [0.1, 0.15) is 5.82 Å². The highest BCUT2D eigenvalue weighted by Crippen LogP contribution is 2.21. The van der Waals surface area contributed by atoms with Crippen molar-refractivity contribution in [3.8, 4) is 0 Å². The Bertz CT molecular complexity index is 777. The quantitative estimate of drug-likeness (QED) is 0.704. The van der Waals surface area contributed by atoms with Crippen molar-refractivity contribution < 1.29 is 9.18 Å². The third-order valence-corrected chi connectivity index (χ3v) is 3.75. The first-order valence-electron chi connectivity index (χ1n) is 6.18. The zero-order chi connectivity index (χ0) is 14.1. The number of halogens is 2. The SMILES string of the molecule is O=C(Cc1ccc(Br)cc1)c1c[nH]c2cc(F)ccc12. The second kappa shape index (κ2) is 5.21. The van der Waals surface area contributed by atoms with Crippen molar-refractivity contribution in [1.29, 1.82) is 0 Å². The van der Waals surface area contributed by atoms with Gasteiger partial charge >= 0.3 is 0 Å². The average molecular weight is 332 g/mol. The van der Waals surface area contributed by atoms with Crippen LogP contribution in [0.4, 0.5) is 4.39 Å². The van der Waals surface area contributed by atoms with Crippen molar-refractivity contribution in [3.63, 3.8) is 0 Å². The van der Waals surface area contributed by atoms with Crippen LogP contribution in [0.3, 0.4) is 0 Å². The van der Waals surface area contributed by atoms with Gasteiger partial charge in [-0.1, -0.05) is 28.1 Å². The first-order chi connectivity index (χ1) is 9.63. The summed E-state index contributed by atoms with van der Waals surface area (Å²) in [5, 5.41) is 0.758. The van der Waals surface area contributed by atoms with Crippen LogP contribution in [0.15, 0.2) is 53.1 Å². The molecule has 3 aromatic rings. The molecule has 2 aromatic carbocycles. The highest BCUT2D eigenvalue weighted by atomic mass is 79.9. The van der Waals surface area contributed by atoms with Gasteiger partial charge in [-0.15, -0.1) is 0 Å². The van der Waals surface area contributed by atoms with Crippen LogP contribution in [-0.2, 0) is 6.42 Å². The summed E-state index contributed by atoms with van der Waals surface area (Å²) in [6, 6.07) is 12.0. The molecule has 100 valence electrons. The Hall–Kier alpha value is -1.94. The van der Waals surface area contributed by atoms with Crippen LogP contribution in [0.2, 0.25) is 0 Å². The molecular formula is C16H11BrFNO. The molecule has 2 nitrogen and oxygen atoms in total. The number of rotatable bonds is 3. The smallest absolute Gasteiger partial charge is 0.169 e. The van der Waals surface area contributed by atoms with Gasteiger partial charge in [-0.25, -0.2) is 4.39 Å². The van der Waals surface area contributed by atoms with E-state index in [1.807, 2.05) is 24.3 Å². The van der Waals surface area contributed by atoms with E-state index in [4.69, 9.17) is 0 Å². The molecular weight excluding hydrogens is 321 g/mol. The third-order valence-electron chi connectivity index (χ3n) is 3.22. The molecule has 0 atom stereocenters. The van der Waals surface area contributed by atoms with Crippen molar-refractivity contribution in [2.45, 2.75) is 6.42 Å². The Balaban J connectivity index is 1.91. The lowest BCUT2D eigenvalue weighted by Gasteiger charge is -2.01. The van der Waals surface area contributed by atoms with Crippen molar-refractivity contribution in [3.05, 3.63) is 70.1 Å². The number of hydrogen-bond acceptors (Lipinski definition) is 1. The molecule has 0 spiro atoms. The van der Waals surface area contributed by atoms with E-state index in [0.717, 1.165) is 15.4 Å². The Kier molecular flexibility index (Phi) is 3.40. The molecule has 0 saturated heterocycles. The van der Waals surface area contributed by atoms with Gasteiger partial charge in [0, 0.05) is 33.6 Å². The Morgan fingerprint density at radius 1 is 1.15 bits per heavy atom. The molecule has 20 heavy (non-hydrogen) atoms. The number of hydrogen-bond donors (Lipinski definition) is 1. The van der Waals surface area contributed by atoms with Crippen LogP contribution in [0.5, 0.6) is 0 Å². The fourth-order valence-electron chi connectivity index (χ4n) is 2.21. The molecule has 0 amide bonds. The second-order valence-electron chi connectivity index (χ2n) is 4.62. The van der Waals surface area contributed by atoms with E-state index in [1.165, 1.54) is 12.1 Å². The van der Waals surface area contributed by atoms with Gasteiger partial charge in [0.25, 0.3) is 0 Å². The van der Waals surface area contributed by atoms with Crippen molar-refractivity contribution in [2.24, 2.45) is 0 Å². The Morgan fingerprint density at radius 3 is 2.65 bits per heavy atom. The molecule has 1 aromatic heterocycles. The summed E-state index contributed by atoms with van der Waals surface area (Å²) in [6.07, 6.45) is 1.98. The van der Waals surface area contributed by atoms with E-state index in [2.05, 4.69) is 20.9 Å². The number of aromatic amines is 1. The number of ketones is 1. The van der Waals surface area contributed by atoms with E-state index in [9.17, 15) is 9.18 Å². The first kappa shape index (κ1) is 13.1. The maximum Gasteiger partial charge on any atom is 0.169 e. The van der Waals surface area contributed by atoms with E-state index in [0.29, 0.717) is 17.5 Å². The maximum absolute atomic E-state index is 13.1. The minimum Gasteiger partial charge on any atom is -0.360 e. The molecule has 0 saturated carbocycles. The number of benzene rings is 2. The highest BCUT2D eigenvalue weighted by molar-refractivity contribution is 9.10. The molecule has 0 aliphatic carbocycles. The van der Waals surface area contributed by atoms with Crippen molar-refractivity contribution in [1.82, 2.24) is 4.98 Å². The monoisotopic (exact) mass is 331 g/mol. The summed E-state index contributed by atoms with van der Waals surface area (Å²) in [6.45, 7) is 0. The van der Waals surface area contributed by atoms with Gasteiger partial charge < -0.3 is 4.98 Å². The summed E-state index contributed by atoms with van der Waals surface area (Å²) in [4.78, 5) is 15.3. The molecule has 1 heterocycles. The zero-order valence-electron chi connectivity index (χ0n) is 10.5. The Labute approximate surface area is 123 Å². The van der Waals surface area contributed by atoms with Gasteiger partial charge in [0.2, 0.25) is 0 Å². The van der Waals surface area contributed by atoms with Gasteiger partial charge in [-0.05, 0) is 35.9 Å². The largest absolute Gasteiger partial charge is 0.360 e. The van der Waals surface area contributed by atoms with Gasteiger partial charge in [0.15, 0.2) is 5.78 Å². The average Bonchev–Trinajstić information content (AvgIpc) is 2.84. The van der Waals surface area contributed by atoms with Crippen molar-refractivity contribution in [2.75, 3.05) is 0 Å². The summed E-state index contributed by atoms with van der Waals surface area (Å²) in [5.41, 5.74) is 2.20. The molecule has 0 unspecified atom stereocenters. The van der Waals surface area contributed by atoms with Crippen LogP contribution < -0.4 is 0 Å². The van der Waals surface area contributed by atoms with Crippen LogP contribution >= 0.6 is 15.9 Å². The summed E-state index contributed by atoms with van der Waals surface area (Å²) in [7, 11) is 0. The predicted octanol–water partition coefficient (Wildman–Crippen LogP) is 4.49. The van der Waals surface area contributed by atoms with Crippen LogP contribution in [-0.4, -0.2) is 10.8 Å². The lowest BCUT2D eigenvalue weighted by Crippen LogP contribution is -2.02. The van der Waals surface area contributed by atoms with Crippen molar-refractivity contribution >= 4 is 32.6 Å². The lowest BCUT2D eigenvalue weighted by atomic mass is 10.0. The molecule has 3 rings (SSSR count). The number of nitrogens with one attached hydrogen (secondary N) is 1. The summed E-state index contributed by atoms with van der Waals surface area (Å²) >= 11 is 3.36. The standard InChI is InChI=1S/C16H11BrFNO/c17-11-3-1-10(2-4-11)7-16(20)14-9-19-15-8-12(18)5-6-13(14)15/h1-6,8-9,19H,7H2. The first-order valence-corrected chi connectivity index (χ1v) is 6.97. The molecule has 0 radical (unpaired) electrons. The molecule has 4 heteroatoms.